The van der Waals surface area contributed by atoms with Gasteiger partial charge in [0.15, 0.2) is 0 Å². The average Bonchev–Trinajstić information content (AvgIpc) is 3.05. The molecule has 3 saturated carbocycles. The molecule has 0 aromatic carbocycles. The monoisotopic (exact) mass is 611 g/mol. The third-order valence-corrected chi connectivity index (χ3v) is 14.9. The van der Waals surface area contributed by atoms with Crippen LogP contribution in [0.5, 0.6) is 0 Å². The van der Waals surface area contributed by atoms with E-state index in [4.69, 9.17) is 4.98 Å². The van der Waals surface area contributed by atoms with E-state index >= 15 is 0 Å². The van der Waals surface area contributed by atoms with E-state index in [2.05, 4.69) is 114 Å². The summed E-state index contributed by atoms with van der Waals surface area (Å²) in [5.41, 5.74) is 8.46. The molecule has 3 heteroatoms. The minimum atomic E-state index is -1.92. The van der Waals surface area contributed by atoms with Crippen LogP contribution in [0.3, 0.4) is 0 Å². The van der Waals surface area contributed by atoms with E-state index in [1.807, 2.05) is 0 Å². The Morgan fingerprint density at radius 3 is 1.05 bits per heavy atom. The number of fused-ring (bicyclic) bond motifs is 5. The van der Waals surface area contributed by atoms with E-state index in [0.717, 1.165) is 0 Å². The normalized spacial score (nSPS) is 33.5. The van der Waals surface area contributed by atoms with Gasteiger partial charge >= 0.3 is 21.7 Å². The van der Waals surface area contributed by atoms with Crippen LogP contribution in [0.4, 0.5) is 0 Å². The van der Waals surface area contributed by atoms with Crippen LogP contribution in [0.2, 0.25) is 18.6 Å². The topological polar surface area (TPSA) is 14.1 Å². The summed E-state index contributed by atoms with van der Waals surface area (Å²) in [5, 5.41) is 0. The molecule has 4 atom stereocenters. The molecular weight excluding hydrogens is 546 g/mol. The van der Waals surface area contributed by atoms with Gasteiger partial charge in [-0.1, -0.05) is 127 Å². The van der Waals surface area contributed by atoms with Gasteiger partial charge in [0.2, 0.25) is 0 Å². The van der Waals surface area contributed by atoms with Crippen molar-refractivity contribution in [1.29, 1.82) is 0 Å². The van der Waals surface area contributed by atoms with E-state index in [0.29, 0.717) is 29.2 Å². The van der Waals surface area contributed by atoms with Gasteiger partial charge in [-0.05, 0) is 93.3 Å². The van der Waals surface area contributed by atoms with E-state index in [-0.39, 0.29) is 71.2 Å². The third-order valence-electron chi connectivity index (χ3n) is 11.3. The fourth-order valence-corrected chi connectivity index (χ4v) is 13.7. The van der Waals surface area contributed by atoms with Crippen molar-refractivity contribution < 1.29 is 21.7 Å². The Bertz CT molecular complexity index is 1030. The van der Waals surface area contributed by atoms with Crippen LogP contribution in [0.25, 0.3) is 4.98 Å². The van der Waals surface area contributed by atoms with Gasteiger partial charge in [0.25, 0.3) is 0 Å². The first-order valence-corrected chi connectivity index (χ1v) is 18.3. The molecule has 0 saturated heterocycles. The second kappa shape index (κ2) is 11.7. The molecule has 0 N–H and O–H groups in total. The van der Waals surface area contributed by atoms with Crippen molar-refractivity contribution in [2.24, 2.45) is 45.3 Å². The van der Waals surface area contributed by atoms with Gasteiger partial charge in [-0.3, -0.25) is 0 Å². The van der Waals surface area contributed by atoms with Crippen molar-refractivity contribution in [2.45, 2.75) is 126 Å². The second-order valence-electron chi connectivity index (χ2n) is 17.6. The minimum absolute atomic E-state index is 0. The summed E-state index contributed by atoms with van der Waals surface area (Å²) in [4.78, 5) is 5.68. The van der Waals surface area contributed by atoms with Crippen LogP contribution < -0.4 is 0 Å². The first-order chi connectivity index (χ1) is 16.7. The molecule has 0 heterocycles. The Morgan fingerprint density at radius 1 is 0.561 bits per heavy atom. The van der Waals surface area contributed by atoms with Crippen LogP contribution in [0.15, 0.2) is 46.6 Å². The molecule has 3 fully saturated rings. The van der Waals surface area contributed by atoms with E-state index in [1.165, 1.54) is 25.7 Å². The maximum absolute atomic E-state index is 5.68. The molecule has 41 heavy (non-hydrogen) atoms. The molecule has 0 spiro atoms. The molecule has 0 aromatic heterocycles. The summed E-state index contributed by atoms with van der Waals surface area (Å²) in [6, 6.07) is 0. The first kappa shape index (κ1) is 38.9. The fraction of sp³-hybridized carbons (Fsp3) is 0.711. The summed E-state index contributed by atoms with van der Waals surface area (Å²) in [6.07, 6.45) is 16.5. The molecule has 0 aliphatic heterocycles. The molecule has 5 aliphatic rings. The van der Waals surface area contributed by atoms with Crippen LogP contribution >= 0.6 is 0 Å². The zero-order valence-corrected chi connectivity index (χ0v) is 32.5. The van der Waals surface area contributed by atoms with Gasteiger partial charge < -0.3 is 27.3 Å². The van der Waals surface area contributed by atoms with Crippen molar-refractivity contribution >= 4 is 8.24 Å². The van der Waals surface area contributed by atoms with Crippen LogP contribution in [0, 0.1) is 67.6 Å². The number of hydrogen-bond donors (Lipinski definition) is 0. The molecule has 5 rings (SSSR count). The SMILES string of the molecule is CC(C)(C)[N-][Si](C)(C)C1C2C=C3C(=CC2C2C=C4C(=CC21)C(C)(C)CCC4(C)C)C(C)(C)CCC3(C)C.[CH3-].[CH3-].[CH3-].[Ti+4]. The maximum atomic E-state index is 5.68. The van der Waals surface area contributed by atoms with Crippen molar-refractivity contribution in [1.82, 2.24) is 0 Å². The van der Waals surface area contributed by atoms with Crippen molar-refractivity contribution in [3.63, 3.8) is 0 Å². The quantitative estimate of drug-likeness (QED) is 0.218. The molecule has 5 aliphatic carbocycles. The van der Waals surface area contributed by atoms with E-state index in [9.17, 15) is 0 Å². The number of allylic oxidation sites excluding steroid dienone is 8. The van der Waals surface area contributed by atoms with Gasteiger partial charge in [0, 0.05) is 0 Å². The molecule has 1 nitrogen and oxygen atoms in total. The predicted molar refractivity (Wildman–Crippen MR) is 183 cm³/mol. The molecule has 0 aromatic rings. The van der Waals surface area contributed by atoms with E-state index < -0.39 is 8.24 Å². The molecular formula is C38H65NSiTi. The summed E-state index contributed by atoms with van der Waals surface area (Å²) in [7, 11) is -1.92. The fourth-order valence-electron chi connectivity index (χ4n) is 9.28. The van der Waals surface area contributed by atoms with Crippen molar-refractivity contribution in [3.8, 4) is 0 Å². The smallest absolute Gasteiger partial charge is 0.660 e. The van der Waals surface area contributed by atoms with Gasteiger partial charge in [-0.15, -0.1) is 5.54 Å². The van der Waals surface area contributed by atoms with Crippen molar-refractivity contribution in [3.05, 3.63) is 73.9 Å². The van der Waals surface area contributed by atoms with Crippen LogP contribution in [-0.4, -0.2) is 13.8 Å². The van der Waals surface area contributed by atoms with Crippen molar-refractivity contribution in [2.75, 3.05) is 0 Å². The Labute approximate surface area is 273 Å². The van der Waals surface area contributed by atoms with Crippen LogP contribution in [-0.2, 0) is 21.7 Å². The Kier molecular flexibility index (Phi) is 11.0. The number of nitrogens with zero attached hydrogens (tertiary/aromatic N) is 1. The van der Waals surface area contributed by atoms with Gasteiger partial charge in [0.1, 0.15) is 0 Å². The number of hydrogen-bond acceptors (Lipinski definition) is 0. The largest absolute Gasteiger partial charge is 4.00 e. The summed E-state index contributed by atoms with van der Waals surface area (Å²) in [6.45, 7) is 32.2. The molecule has 4 unspecified atom stereocenters. The maximum Gasteiger partial charge on any atom is 4.00 e. The molecule has 230 valence electrons. The predicted octanol–water partition coefficient (Wildman–Crippen LogP) is 12.0. The molecule has 0 bridgehead atoms. The standard InChI is InChI=1S/C35H56NSi.3CH3.Ti/c1-31(2,3)36-37(12,13)30-24-20-28-26(32(4,5)14-16-34(28,8)9)18-22(24)23-19-27-29(21-25(23)30)35(10,11)17-15-33(27,6)7;;;;/h18-25,30H,14-17H2,1-13H3;3*1H3;/q4*-1;+4. The summed E-state index contributed by atoms with van der Waals surface area (Å²) in [5.74, 6) is 2.43. The average molecular weight is 612 g/mol. The van der Waals surface area contributed by atoms with Gasteiger partial charge in [0.05, 0.1) is 0 Å². The Morgan fingerprint density at radius 2 is 0.805 bits per heavy atom. The Balaban J connectivity index is 0.00000210. The van der Waals surface area contributed by atoms with Gasteiger partial charge in [-0.25, -0.2) is 0 Å². The Hall–Kier alpha value is -0.149. The zero-order chi connectivity index (χ0) is 27.6. The van der Waals surface area contributed by atoms with Crippen LogP contribution in [0.1, 0.15) is 102 Å². The van der Waals surface area contributed by atoms with E-state index in [1.54, 1.807) is 22.3 Å². The van der Waals surface area contributed by atoms with Gasteiger partial charge in [-0.2, -0.15) is 0 Å². The first-order valence-electron chi connectivity index (χ1n) is 15.3. The molecule has 0 radical (unpaired) electrons. The molecule has 0 amide bonds. The third kappa shape index (κ3) is 6.48. The number of rotatable bonds is 2. The minimum Gasteiger partial charge on any atom is -0.660 e. The zero-order valence-electron chi connectivity index (χ0n) is 30.0. The summed E-state index contributed by atoms with van der Waals surface area (Å²) < 4.78 is 0. The summed E-state index contributed by atoms with van der Waals surface area (Å²) >= 11 is 0. The second-order valence-corrected chi connectivity index (χ2v) is 21.8.